The van der Waals surface area contributed by atoms with Gasteiger partial charge in [0.05, 0.1) is 18.8 Å². The van der Waals surface area contributed by atoms with Crippen molar-refractivity contribution in [1.29, 1.82) is 0 Å². The van der Waals surface area contributed by atoms with Gasteiger partial charge in [0.25, 0.3) is 0 Å². The Morgan fingerprint density at radius 1 is 1.55 bits per heavy atom. The largest absolute Gasteiger partial charge is 0.390 e. The van der Waals surface area contributed by atoms with Gasteiger partial charge in [-0.2, -0.15) is 0 Å². The first-order valence-corrected chi connectivity index (χ1v) is 7.44. The molecule has 1 N–H and O–H groups in total. The van der Waals surface area contributed by atoms with Gasteiger partial charge < -0.3 is 9.84 Å². The molecule has 1 saturated heterocycles. The number of aliphatic hydroxyl groups is 1. The lowest BCUT2D eigenvalue weighted by Gasteiger charge is -2.35. The summed E-state index contributed by atoms with van der Waals surface area (Å²) < 4.78 is 19.3. The van der Waals surface area contributed by atoms with E-state index >= 15 is 0 Å². The van der Waals surface area contributed by atoms with E-state index in [-0.39, 0.29) is 18.3 Å². The van der Waals surface area contributed by atoms with Gasteiger partial charge in [0.1, 0.15) is 5.82 Å². The van der Waals surface area contributed by atoms with Gasteiger partial charge >= 0.3 is 0 Å². The summed E-state index contributed by atoms with van der Waals surface area (Å²) in [5.41, 5.74) is 0.470. The number of ether oxygens (including phenoxy) is 1. The highest BCUT2D eigenvalue weighted by atomic mass is 35.5. The Balaban J connectivity index is 1.95. The summed E-state index contributed by atoms with van der Waals surface area (Å²) in [7, 11) is 0. The van der Waals surface area contributed by atoms with E-state index in [1.807, 2.05) is 0 Å². The lowest BCUT2D eigenvalue weighted by atomic mass is 10.0. The number of morpholine rings is 1. The van der Waals surface area contributed by atoms with Crippen molar-refractivity contribution in [3.63, 3.8) is 0 Å². The van der Waals surface area contributed by atoms with E-state index < -0.39 is 6.10 Å². The van der Waals surface area contributed by atoms with Crippen LogP contribution in [0, 0.1) is 5.82 Å². The second-order valence-electron chi connectivity index (χ2n) is 5.22. The molecule has 0 spiro atoms. The summed E-state index contributed by atoms with van der Waals surface area (Å²) >= 11 is 5.72. The van der Waals surface area contributed by atoms with E-state index in [4.69, 9.17) is 16.3 Å². The van der Waals surface area contributed by atoms with Crippen molar-refractivity contribution in [1.82, 2.24) is 4.90 Å². The molecule has 2 rings (SSSR count). The van der Waals surface area contributed by atoms with Gasteiger partial charge in [-0.15, -0.1) is 0 Å². The Kier molecular flexibility index (Phi) is 5.78. The van der Waals surface area contributed by atoms with E-state index in [1.165, 1.54) is 6.07 Å². The van der Waals surface area contributed by atoms with Crippen LogP contribution in [0.3, 0.4) is 0 Å². The SMILES string of the molecule is CCCN1CCOC(C(O)Cc2ccc(Cl)cc2F)C1. The normalized spacial score (nSPS) is 21.9. The van der Waals surface area contributed by atoms with Gasteiger partial charge in [0.2, 0.25) is 0 Å². The van der Waals surface area contributed by atoms with Crippen LogP contribution in [0.4, 0.5) is 4.39 Å². The predicted octanol–water partition coefficient (Wildman–Crippen LogP) is 2.49. The Morgan fingerprint density at radius 2 is 2.35 bits per heavy atom. The van der Waals surface area contributed by atoms with Crippen LogP contribution in [-0.4, -0.2) is 48.5 Å². The number of hydrogen-bond donors (Lipinski definition) is 1. The van der Waals surface area contributed by atoms with Crippen LogP contribution in [0.5, 0.6) is 0 Å². The van der Waals surface area contributed by atoms with E-state index in [1.54, 1.807) is 12.1 Å². The first kappa shape index (κ1) is 15.7. The topological polar surface area (TPSA) is 32.7 Å². The van der Waals surface area contributed by atoms with Crippen molar-refractivity contribution in [2.24, 2.45) is 0 Å². The molecule has 1 aromatic rings. The molecule has 1 fully saturated rings. The van der Waals surface area contributed by atoms with Crippen LogP contribution in [-0.2, 0) is 11.2 Å². The molecular formula is C15H21ClFNO2. The predicted molar refractivity (Wildman–Crippen MR) is 77.6 cm³/mol. The van der Waals surface area contributed by atoms with Crippen LogP contribution < -0.4 is 0 Å². The maximum absolute atomic E-state index is 13.7. The zero-order chi connectivity index (χ0) is 14.5. The van der Waals surface area contributed by atoms with Gasteiger partial charge in [-0.1, -0.05) is 24.6 Å². The van der Waals surface area contributed by atoms with Crippen molar-refractivity contribution in [2.45, 2.75) is 32.0 Å². The number of hydrogen-bond acceptors (Lipinski definition) is 3. The Labute approximate surface area is 124 Å². The Morgan fingerprint density at radius 3 is 3.05 bits per heavy atom. The molecule has 0 saturated carbocycles. The number of halogens is 2. The Bertz CT molecular complexity index is 442. The molecule has 1 aromatic carbocycles. The molecule has 20 heavy (non-hydrogen) atoms. The zero-order valence-corrected chi connectivity index (χ0v) is 12.4. The molecule has 1 heterocycles. The summed E-state index contributed by atoms with van der Waals surface area (Å²) in [6, 6.07) is 4.53. The quantitative estimate of drug-likeness (QED) is 0.907. The molecule has 0 radical (unpaired) electrons. The molecular weight excluding hydrogens is 281 g/mol. The van der Waals surface area contributed by atoms with Gasteiger partial charge in [-0.05, 0) is 30.7 Å². The standard InChI is InChI=1S/C15H21ClFNO2/c1-2-5-18-6-7-20-15(10-18)14(19)8-11-3-4-12(16)9-13(11)17/h3-4,9,14-15,19H,2,5-8,10H2,1H3. The minimum Gasteiger partial charge on any atom is -0.390 e. The molecule has 1 aliphatic rings. The van der Waals surface area contributed by atoms with Crippen molar-refractivity contribution >= 4 is 11.6 Å². The minimum absolute atomic E-state index is 0.244. The van der Waals surface area contributed by atoms with Crippen molar-refractivity contribution in [3.05, 3.63) is 34.6 Å². The minimum atomic E-state index is -0.703. The maximum atomic E-state index is 13.7. The zero-order valence-electron chi connectivity index (χ0n) is 11.7. The second kappa shape index (κ2) is 7.36. The van der Waals surface area contributed by atoms with Gasteiger partial charge in [0, 0.05) is 24.5 Å². The Hall–Kier alpha value is -0.680. The molecule has 3 nitrogen and oxygen atoms in total. The number of benzene rings is 1. The van der Waals surface area contributed by atoms with Crippen LogP contribution in [0.1, 0.15) is 18.9 Å². The number of rotatable bonds is 5. The van der Waals surface area contributed by atoms with E-state index in [0.29, 0.717) is 23.7 Å². The average Bonchev–Trinajstić information content (AvgIpc) is 2.42. The van der Waals surface area contributed by atoms with Crippen molar-refractivity contribution in [2.75, 3.05) is 26.2 Å². The van der Waals surface area contributed by atoms with Gasteiger partial charge in [-0.25, -0.2) is 4.39 Å². The summed E-state index contributed by atoms with van der Waals surface area (Å²) in [5, 5.41) is 10.6. The fourth-order valence-corrected chi connectivity index (χ4v) is 2.69. The third-order valence-electron chi connectivity index (χ3n) is 3.59. The number of aliphatic hydroxyl groups excluding tert-OH is 1. The highest BCUT2D eigenvalue weighted by molar-refractivity contribution is 6.30. The molecule has 2 atom stereocenters. The summed E-state index contributed by atoms with van der Waals surface area (Å²) in [6.45, 7) is 5.34. The average molecular weight is 302 g/mol. The fraction of sp³-hybridized carbons (Fsp3) is 0.600. The number of nitrogens with zero attached hydrogens (tertiary/aromatic N) is 1. The molecule has 0 bridgehead atoms. The van der Waals surface area contributed by atoms with Crippen LogP contribution in [0.25, 0.3) is 0 Å². The first-order valence-electron chi connectivity index (χ1n) is 7.06. The maximum Gasteiger partial charge on any atom is 0.127 e. The van der Waals surface area contributed by atoms with Crippen molar-refractivity contribution < 1.29 is 14.2 Å². The summed E-state index contributed by atoms with van der Waals surface area (Å²) in [6.07, 6.45) is 0.359. The smallest absolute Gasteiger partial charge is 0.127 e. The van der Waals surface area contributed by atoms with Gasteiger partial charge in [-0.3, -0.25) is 4.90 Å². The lowest BCUT2D eigenvalue weighted by molar-refractivity contribution is -0.0879. The molecule has 0 aromatic heterocycles. The molecule has 0 amide bonds. The second-order valence-corrected chi connectivity index (χ2v) is 5.65. The summed E-state index contributed by atoms with van der Waals surface area (Å²) in [4.78, 5) is 2.27. The third-order valence-corrected chi connectivity index (χ3v) is 3.83. The first-order chi connectivity index (χ1) is 9.60. The lowest BCUT2D eigenvalue weighted by Crippen LogP contribution is -2.48. The molecule has 112 valence electrons. The van der Waals surface area contributed by atoms with Gasteiger partial charge in [0.15, 0.2) is 0 Å². The van der Waals surface area contributed by atoms with E-state index in [9.17, 15) is 9.50 Å². The van der Waals surface area contributed by atoms with Crippen LogP contribution in [0.2, 0.25) is 5.02 Å². The van der Waals surface area contributed by atoms with Crippen LogP contribution in [0.15, 0.2) is 18.2 Å². The molecule has 1 aliphatic heterocycles. The third kappa shape index (κ3) is 4.16. The van der Waals surface area contributed by atoms with E-state index in [0.717, 1.165) is 19.5 Å². The van der Waals surface area contributed by atoms with Crippen LogP contribution >= 0.6 is 11.6 Å². The fourth-order valence-electron chi connectivity index (χ4n) is 2.53. The highest BCUT2D eigenvalue weighted by Gasteiger charge is 2.27. The van der Waals surface area contributed by atoms with E-state index in [2.05, 4.69) is 11.8 Å². The monoisotopic (exact) mass is 301 g/mol. The summed E-state index contributed by atoms with van der Waals surface area (Å²) in [5.74, 6) is -0.377. The molecule has 5 heteroatoms. The van der Waals surface area contributed by atoms with Crippen molar-refractivity contribution in [3.8, 4) is 0 Å². The molecule has 2 unspecified atom stereocenters. The molecule has 0 aliphatic carbocycles. The highest BCUT2D eigenvalue weighted by Crippen LogP contribution is 2.19.